The van der Waals surface area contributed by atoms with Crippen LogP contribution < -0.4 is 5.32 Å². The molecule has 0 radical (unpaired) electrons. The molecule has 1 atom stereocenters. The summed E-state index contributed by atoms with van der Waals surface area (Å²) in [6.07, 6.45) is 0.245. The molecule has 2 aromatic rings. The van der Waals surface area contributed by atoms with Crippen molar-refractivity contribution in [1.29, 1.82) is 0 Å². The summed E-state index contributed by atoms with van der Waals surface area (Å²) in [5, 5.41) is 3.08. The number of hydrogen-bond acceptors (Lipinski definition) is 2. The van der Waals surface area contributed by atoms with Crippen LogP contribution in [0, 0.1) is 25.5 Å². The quantitative estimate of drug-likeness (QED) is 0.912. The number of likely N-dealkylation sites (N-methyl/N-ethyl adjacent to an activating group) is 1. The van der Waals surface area contributed by atoms with Gasteiger partial charge >= 0.3 is 0 Å². The molecule has 0 aliphatic heterocycles. The van der Waals surface area contributed by atoms with Crippen LogP contribution in [0.3, 0.4) is 0 Å². The molecule has 1 heterocycles. The van der Waals surface area contributed by atoms with E-state index in [-0.39, 0.29) is 18.0 Å². The van der Waals surface area contributed by atoms with E-state index in [9.17, 15) is 8.78 Å². The minimum atomic E-state index is -0.516. The Morgan fingerprint density at radius 1 is 1.21 bits per heavy atom. The van der Waals surface area contributed by atoms with Crippen molar-refractivity contribution in [3.8, 4) is 0 Å². The summed E-state index contributed by atoms with van der Waals surface area (Å²) in [6, 6.07) is 5.64. The van der Waals surface area contributed by atoms with E-state index in [2.05, 4.69) is 5.32 Å². The van der Waals surface area contributed by atoms with Crippen molar-refractivity contribution in [2.75, 3.05) is 7.05 Å². The monoisotopic (exact) mass is 265 g/mol. The van der Waals surface area contributed by atoms with Crippen LogP contribution in [0.25, 0.3) is 0 Å². The van der Waals surface area contributed by atoms with Crippen molar-refractivity contribution in [3.63, 3.8) is 0 Å². The van der Waals surface area contributed by atoms with E-state index in [1.807, 2.05) is 19.9 Å². The van der Waals surface area contributed by atoms with Crippen LogP contribution in [0.1, 0.15) is 28.7 Å². The molecular weight excluding hydrogens is 248 g/mol. The lowest BCUT2D eigenvalue weighted by molar-refractivity contribution is 0.482. The molecule has 2 nitrogen and oxygen atoms in total. The lowest BCUT2D eigenvalue weighted by Gasteiger charge is -2.16. The third-order valence-electron chi connectivity index (χ3n) is 3.27. The van der Waals surface area contributed by atoms with Gasteiger partial charge in [-0.05, 0) is 45.5 Å². The fourth-order valence-electron chi connectivity index (χ4n) is 2.30. The van der Waals surface area contributed by atoms with Gasteiger partial charge in [-0.15, -0.1) is 0 Å². The largest absolute Gasteiger partial charge is 0.466 e. The van der Waals surface area contributed by atoms with E-state index in [0.717, 1.165) is 17.1 Å². The molecule has 0 aliphatic carbocycles. The van der Waals surface area contributed by atoms with Crippen LogP contribution in [-0.4, -0.2) is 7.05 Å². The molecular formula is C15H17F2NO. The number of aryl methyl sites for hydroxylation is 2. The number of halogens is 2. The molecule has 4 heteroatoms. The van der Waals surface area contributed by atoms with Gasteiger partial charge < -0.3 is 9.73 Å². The van der Waals surface area contributed by atoms with E-state index in [4.69, 9.17) is 4.42 Å². The first-order valence-electron chi connectivity index (χ1n) is 6.20. The van der Waals surface area contributed by atoms with Gasteiger partial charge in [-0.1, -0.05) is 6.07 Å². The van der Waals surface area contributed by atoms with Crippen molar-refractivity contribution in [1.82, 2.24) is 5.32 Å². The van der Waals surface area contributed by atoms with Crippen molar-refractivity contribution in [3.05, 3.63) is 58.5 Å². The molecule has 1 aromatic heterocycles. The Labute approximate surface area is 111 Å². The van der Waals surface area contributed by atoms with Gasteiger partial charge in [0.05, 0.1) is 0 Å². The summed E-state index contributed by atoms with van der Waals surface area (Å²) in [6.45, 7) is 3.71. The van der Waals surface area contributed by atoms with Crippen molar-refractivity contribution in [2.45, 2.75) is 26.3 Å². The van der Waals surface area contributed by atoms with Gasteiger partial charge in [0.2, 0.25) is 0 Å². The maximum Gasteiger partial charge on any atom is 0.129 e. The number of hydrogen-bond donors (Lipinski definition) is 1. The second kappa shape index (κ2) is 5.53. The molecule has 19 heavy (non-hydrogen) atoms. The fourth-order valence-corrected chi connectivity index (χ4v) is 2.30. The third-order valence-corrected chi connectivity index (χ3v) is 3.27. The minimum absolute atomic E-state index is 0.0973. The summed E-state index contributed by atoms with van der Waals surface area (Å²) < 4.78 is 32.8. The minimum Gasteiger partial charge on any atom is -0.466 e. The van der Waals surface area contributed by atoms with E-state index in [1.165, 1.54) is 18.2 Å². The Hall–Kier alpha value is -1.68. The Bertz CT molecular complexity index is 557. The van der Waals surface area contributed by atoms with Gasteiger partial charge in [0.15, 0.2) is 0 Å². The topological polar surface area (TPSA) is 25.2 Å². The molecule has 1 unspecified atom stereocenters. The Balaban J connectivity index is 2.32. The van der Waals surface area contributed by atoms with E-state index < -0.39 is 11.6 Å². The van der Waals surface area contributed by atoms with Crippen LogP contribution in [0.5, 0.6) is 0 Å². The second-order valence-electron chi connectivity index (χ2n) is 4.61. The molecule has 2 rings (SSSR count). The molecule has 0 spiro atoms. The van der Waals surface area contributed by atoms with Gasteiger partial charge in [0, 0.05) is 17.2 Å². The van der Waals surface area contributed by atoms with Crippen molar-refractivity contribution in [2.24, 2.45) is 0 Å². The maximum absolute atomic E-state index is 13.7. The fraction of sp³-hybridized carbons (Fsp3) is 0.333. The predicted octanol–water partition coefficient (Wildman–Crippen LogP) is 3.68. The normalized spacial score (nSPS) is 12.7. The zero-order valence-electron chi connectivity index (χ0n) is 11.3. The first-order chi connectivity index (χ1) is 9.02. The van der Waals surface area contributed by atoms with Crippen molar-refractivity contribution >= 4 is 0 Å². The van der Waals surface area contributed by atoms with Crippen LogP contribution in [0.2, 0.25) is 0 Å². The second-order valence-corrected chi connectivity index (χ2v) is 4.61. The molecule has 0 saturated heterocycles. The lowest BCUT2D eigenvalue weighted by Crippen LogP contribution is -2.20. The molecule has 1 N–H and O–H groups in total. The summed E-state index contributed by atoms with van der Waals surface area (Å²) >= 11 is 0. The van der Waals surface area contributed by atoms with Crippen LogP contribution in [0.15, 0.2) is 28.7 Å². The average molecular weight is 265 g/mol. The van der Waals surface area contributed by atoms with Gasteiger partial charge in [0.1, 0.15) is 23.2 Å². The molecule has 0 amide bonds. The molecule has 0 saturated carbocycles. The Morgan fingerprint density at radius 3 is 2.32 bits per heavy atom. The molecule has 0 fully saturated rings. The number of furan rings is 1. The number of nitrogens with one attached hydrogen (secondary N) is 1. The summed E-state index contributed by atoms with van der Waals surface area (Å²) in [5.74, 6) is 0.534. The van der Waals surface area contributed by atoms with E-state index in [1.54, 1.807) is 7.05 Å². The van der Waals surface area contributed by atoms with Gasteiger partial charge in [-0.25, -0.2) is 8.78 Å². The standard InChI is InChI=1S/C15H17F2NO/c1-9-7-11(10(2)19-9)15(18-3)8-12-13(16)5-4-6-14(12)17/h4-7,15,18H,8H2,1-3H3. The van der Waals surface area contributed by atoms with Gasteiger partial charge in [0.25, 0.3) is 0 Å². The first-order valence-corrected chi connectivity index (χ1v) is 6.20. The maximum atomic E-state index is 13.7. The van der Waals surface area contributed by atoms with Crippen LogP contribution >= 0.6 is 0 Å². The Kier molecular flexibility index (Phi) is 4.00. The molecule has 102 valence electrons. The molecule has 1 aromatic carbocycles. The van der Waals surface area contributed by atoms with Gasteiger partial charge in [-0.2, -0.15) is 0 Å². The van der Waals surface area contributed by atoms with Crippen LogP contribution in [0.4, 0.5) is 8.78 Å². The summed E-state index contributed by atoms with van der Waals surface area (Å²) in [7, 11) is 1.77. The highest BCUT2D eigenvalue weighted by atomic mass is 19.1. The van der Waals surface area contributed by atoms with Crippen molar-refractivity contribution < 1.29 is 13.2 Å². The summed E-state index contributed by atoms with van der Waals surface area (Å²) in [5.41, 5.74) is 1.03. The van der Waals surface area contributed by atoms with Crippen LogP contribution in [-0.2, 0) is 6.42 Å². The Morgan fingerprint density at radius 2 is 1.84 bits per heavy atom. The highest BCUT2D eigenvalue weighted by Crippen LogP contribution is 2.26. The molecule has 0 bridgehead atoms. The predicted molar refractivity (Wildman–Crippen MR) is 70.0 cm³/mol. The van der Waals surface area contributed by atoms with E-state index in [0.29, 0.717) is 0 Å². The van der Waals surface area contributed by atoms with Gasteiger partial charge in [-0.3, -0.25) is 0 Å². The highest BCUT2D eigenvalue weighted by molar-refractivity contribution is 5.28. The zero-order chi connectivity index (χ0) is 14.0. The molecule has 0 aliphatic rings. The summed E-state index contributed by atoms with van der Waals surface area (Å²) in [4.78, 5) is 0. The zero-order valence-corrected chi connectivity index (χ0v) is 11.3. The smallest absolute Gasteiger partial charge is 0.129 e. The lowest BCUT2D eigenvalue weighted by atomic mass is 9.98. The first kappa shape index (κ1) is 13.7. The number of benzene rings is 1. The third kappa shape index (κ3) is 2.84. The van der Waals surface area contributed by atoms with E-state index >= 15 is 0 Å². The SMILES string of the molecule is CNC(Cc1c(F)cccc1F)c1cc(C)oc1C. The number of rotatable bonds is 4. The highest BCUT2D eigenvalue weighted by Gasteiger charge is 2.19. The average Bonchev–Trinajstić information content (AvgIpc) is 2.68.